The molecule has 5 aromatic carbocycles. The predicted molar refractivity (Wildman–Crippen MR) is 134 cm³/mol. The summed E-state index contributed by atoms with van der Waals surface area (Å²) < 4.78 is 0. The molecule has 1 N–H and O–H groups in total. The van der Waals surface area contributed by atoms with E-state index in [0.717, 1.165) is 11.4 Å². The van der Waals surface area contributed by atoms with Crippen molar-refractivity contribution in [2.24, 2.45) is 0 Å². The molecule has 0 bridgehead atoms. The number of hydrogen-bond donors (Lipinski definition) is 1. The maximum absolute atomic E-state index is 3.46. The van der Waals surface area contributed by atoms with Crippen molar-refractivity contribution in [1.29, 1.82) is 0 Å². The second-order valence-corrected chi connectivity index (χ2v) is 8.30. The minimum Gasteiger partial charge on any atom is -0.356 e. The lowest BCUT2D eigenvalue weighted by Crippen LogP contribution is -1.98. The van der Waals surface area contributed by atoms with Crippen molar-refractivity contribution in [3.05, 3.63) is 144 Å². The Morgan fingerprint density at radius 2 is 1.03 bits per heavy atom. The zero-order valence-electron chi connectivity index (χ0n) is 17.7. The summed E-state index contributed by atoms with van der Waals surface area (Å²) in [6.07, 6.45) is 0. The molecule has 0 saturated heterocycles. The molecule has 1 aliphatic rings. The first-order valence-electron chi connectivity index (χ1n) is 11.1. The largest absolute Gasteiger partial charge is 0.356 e. The van der Waals surface area contributed by atoms with E-state index in [1.54, 1.807) is 0 Å². The van der Waals surface area contributed by atoms with Crippen molar-refractivity contribution >= 4 is 11.4 Å². The first-order valence-corrected chi connectivity index (χ1v) is 11.1. The fourth-order valence-electron chi connectivity index (χ4n) is 4.82. The Bertz CT molecular complexity index is 1370. The smallest absolute Gasteiger partial charge is 0.0384 e. The fraction of sp³-hybridized carbons (Fsp3) is 0.0323. The highest BCUT2D eigenvalue weighted by atomic mass is 14.9. The van der Waals surface area contributed by atoms with E-state index < -0.39 is 0 Å². The molecule has 1 atom stereocenters. The van der Waals surface area contributed by atoms with Crippen molar-refractivity contribution in [3.8, 4) is 22.3 Å². The Labute approximate surface area is 189 Å². The Morgan fingerprint density at radius 3 is 1.81 bits per heavy atom. The minimum atomic E-state index is 0.300. The van der Waals surface area contributed by atoms with Crippen LogP contribution in [-0.4, -0.2) is 0 Å². The number of hydrogen-bond acceptors (Lipinski definition) is 1. The van der Waals surface area contributed by atoms with E-state index in [0.29, 0.717) is 5.92 Å². The van der Waals surface area contributed by atoms with Crippen LogP contribution in [-0.2, 0) is 0 Å². The summed E-state index contributed by atoms with van der Waals surface area (Å²) in [5.74, 6) is 0.300. The molecule has 0 saturated carbocycles. The van der Waals surface area contributed by atoms with Gasteiger partial charge in [0.25, 0.3) is 0 Å². The van der Waals surface area contributed by atoms with Crippen LogP contribution in [0, 0.1) is 0 Å². The van der Waals surface area contributed by atoms with Crippen LogP contribution in [0.5, 0.6) is 0 Å². The molecule has 32 heavy (non-hydrogen) atoms. The van der Waals surface area contributed by atoms with Gasteiger partial charge in [-0.1, -0.05) is 97.1 Å². The molecular formula is C31H23N. The second kappa shape index (κ2) is 7.86. The number of benzene rings is 5. The molecular weight excluding hydrogens is 386 g/mol. The highest BCUT2D eigenvalue weighted by Crippen LogP contribution is 2.48. The van der Waals surface area contributed by atoms with Gasteiger partial charge in [0.1, 0.15) is 0 Å². The zero-order chi connectivity index (χ0) is 21.3. The molecule has 152 valence electrons. The fourth-order valence-corrected chi connectivity index (χ4v) is 4.82. The van der Waals surface area contributed by atoms with E-state index in [2.05, 4.69) is 115 Å². The van der Waals surface area contributed by atoms with E-state index in [4.69, 9.17) is 0 Å². The molecule has 1 aliphatic carbocycles. The summed E-state index contributed by atoms with van der Waals surface area (Å²) in [7, 11) is 0. The van der Waals surface area contributed by atoms with Crippen LogP contribution in [0.3, 0.4) is 0 Å². The Kier molecular flexibility index (Phi) is 4.58. The average Bonchev–Trinajstić information content (AvgIpc) is 3.19. The average molecular weight is 410 g/mol. The second-order valence-electron chi connectivity index (χ2n) is 8.30. The monoisotopic (exact) mass is 409 g/mol. The summed E-state index contributed by atoms with van der Waals surface area (Å²) in [5, 5.41) is 3.46. The van der Waals surface area contributed by atoms with Crippen molar-refractivity contribution in [2.45, 2.75) is 5.92 Å². The van der Waals surface area contributed by atoms with Gasteiger partial charge in [0.2, 0.25) is 0 Å². The van der Waals surface area contributed by atoms with Crippen molar-refractivity contribution in [1.82, 2.24) is 0 Å². The maximum Gasteiger partial charge on any atom is 0.0384 e. The topological polar surface area (TPSA) is 12.0 Å². The zero-order valence-corrected chi connectivity index (χ0v) is 17.7. The first kappa shape index (κ1) is 18.7. The molecule has 0 aromatic heterocycles. The predicted octanol–water partition coefficient (Wildman–Crippen LogP) is 8.26. The number of rotatable bonds is 4. The van der Waals surface area contributed by atoms with Crippen molar-refractivity contribution in [2.75, 3.05) is 5.32 Å². The molecule has 0 radical (unpaired) electrons. The van der Waals surface area contributed by atoms with Crippen LogP contribution < -0.4 is 5.32 Å². The third-order valence-corrected chi connectivity index (χ3v) is 6.34. The van der Waals surface area contributed by atoms with Crippen molar-refractivity contribution in [3.63, 3.8) is 0 Å². The normalized spacial score (nSPS) is 13.9. The molecule has 0 spiro atoms. The van der Waals surface area contributed by atoms with Crippen LogP contribution in [0.2, 0.25) is 0 Å². The molecule has 0 heterocycles. The van der Waals surface area contributed by atoms with Crippen molar-refractivity contribution < 1.29 is 0 Å². The molecule has 1 nitrogen and oxygen atoms in total. The summed E-state index contributed by atoms with van der Waals surface area (Å²) in [4.78, 5) is 0. The molecule has 1 heteroatoms. The molecule has 5 aromatic rings. The first-order chi connectivity index (χ1) is 15.9. The highest BCUT2D eigenvalue weighted by Gasteiger charge is 2.29. The third-order valence-electron chi connectivity index (χ3n) is 6.34. The summed E-state index contributed by atoms with van der Waals surface area (Å²) in [6, 6.07) is 45.6. The van der Waals surface area contributed by atoms with Gasteiger partial charge in [-0.05, 0) is 69.3 Å². The van der Waals surface area contributed by atoms with Gasteiger partial charge >= 0.3 is 0 Å². The van der Waals surface area contributed by atoms with Gasteiger partial charge in [0, 0.05) is 17.3 Å². The Balaban J connectivity index is 1.37. The number of nitrogens with one attached hydrogen (secondary N) is 1. The van der Waals surface area contributed by atoms with Gasteiger partial charge in [-0.15, -0.1) is 0 Å². The highest BCUT2D eigenvalue weighted by molar-refractivity contribution is 5.84. The Morgan fingerprint density at radius 1 is 0.438 bits per heavy atom. The van der Waals surface area contributed by atoms with Crippen LogP contribution >= 0.6 is 0 Å². The molecule has 1 unspecified atom stereocenters. The number of fused-ring (bicyclic) bond motifs is 3. The minimum absolute atomic E-state index is 0.300. The summed E-state index contributed by atoms with van der Waals surface area (Å²) in [5.41, 5.74) is 11.5. The van der Waals surface area contributed by atoms with E-state index >= 15 is 0 Å². The quantitative estimate of drug-likeness (QED) is 0.309. The maximum atomic E-state index is 3.46. The van der Waals surface area contributed by atoms with Crippen LogP contribution in [0.15, 0.2) is 127 Å². The van der Waals surface area contributed by atoms with Gasteiger partial charge < -0.3 is 5.32 Å². The SMILES string of the molecule is c1ccc(Nc2ccc(-c3ccc4c(c3)-c3ccccc3C4c3ccccc3)cc2)cc1. The lowest BCUT2D eigenvalue weighted by molar-refractivity contribution is 1.02. The van der Waals surface area contributed by atoms with Gasteiger partial charge in [-0.3, -0.25) is 0 Å². The molecule has 6 rings (SSSR count). The molecule has 0 aliphatic heterocycles. The Hall–Kier alpha value is -4.10. The van der Waals surface area contributed by atoms with Gasteiger partial charge in [-0.2, -0.15) is 0 Å². The van der Waals surface area contributed by atoms with Crippen LogP contribution in [0.1, 0.15) is 22.6 Å². The van der Waals surface area contributed by atoms with Crippen LogP contribution in [0.25, 0.3) is 22.3 Å². The summed E-state index contributed by atoms with van der Waals surface area (Å²) >= 11 is 0. The van der Waals surface area contributed by atoms with E-state index in [-0.39, 0.29) is 0 Å². The van der Waals surface area contributed by atoms with Gasteiger partial charge in [0.15, 0.2) is 0 Å². The lowest BCUT2D eigenvalue weighted by atomic mass is 9.89. The van der Waals surface area contributed by atoms with E-state index in [1.165, 1.54) is 38.9 Å². The lowest BCUT2D eigenvalue weighted by Gasteiger charge is -2.14. The number of anilines is 2. The summed E-state index contributed by atoms with van der Waals surface area (Å²) in [6.45, 7) is 0. The van der Waals surface area contributed by atoms with Gasteiger partial charge in [0.05, 0.1) is 0 Å². The van der Waals surface area contributed by atoms with E-state index in [1.807, 2.05) is 18.2 Å². The van der Waals surface area contributed by atoms with Crippen LogP contribution in [0.4, 0.5) is 11.4 Å². The molecule has 0 amide bonds. The standard InChI is InChI=1S/C31H23N/c1-3-9-23(10-4-1)31-28-14-8-7-13-27(28)30-21-24(17-20-29(30)31)22-15-18-26(19-16-22)32-25-11-5-2-6-12-25/h1-21,31-32H. The third kappa shape index (κ3) is 3.29. The van der Waals surface area contributed by atoms with E-state index in [9.17, 15) is 0 Å². The molecule has 0 fully saturated rings. The number of para-hydroxylation sites is 1. The van der Waals surface area contributed by atoms with Gasteiger partial charge in [-0.25, -0.2) is 0 Å².